The van der Waals surface area contributed by atoms with E-state index in [0.29, 0.717) is 37.6 Å². The van der Waals surface area contributed by atoms with Crippen molar-refractivity contribution in [3.8, 4) is 6.01 Å². The van der Waals surface area contributed by atoms with E-state index in [4.69, 9.17) is 33.6 Å². The fraction of sp³-hybridized carbons (Fsp3) is 0.438. The number of likely N-dealkylation sites (tertiary alicyclic amines) is 1. The van der Waals surface area contributed by atoms with Gasteiger partial charge in [0.1, 0.15) is 18.5 Å². The largest absolute Gasteiger partial charge is 0.462 e. The Bertz CT molecular complexity index is 1520. The molecule has 0 radical (unpaired) electrons. The highest BCUT2D eigenvalue weighted by Gasteiger charge is 2.26. The summed E-state index contributed by atoms with van der Waals surface area (Å²) in [7, 11) is 2.14. The molecular weight excluding hydrogens is 633 g/mol. The van der Waals surface area contributed by atoms with Crippen LogP contribution in [0, 0.1) is 6.57 Å². The lowest BCUT2D eigenvalue weighted by Gasteiger charge is -2.31. The van der Waals surface area contributed by atoms with Crippen molar-refractivity contribution in [3.05, 3.63) is 76.5 Å². The summed E-state index contributed by atoms with van der Waals surface area (Å²) in [6, 6.07) is 12.8. The summed E-state index contributed by atoms with van der Waals surface area (Å²) < 4.78 is 18.4. The van der Waals surface area contributed by atoms with Crippen LogP contribution in [-0.4, -0.2) is 77.6 Å². The average Bonchev–Trinajstić information content (AvgIpc) is 3.40. The molecule has 45 heavy (non-hydrogen) atoms. The number of nitrogen functional groups attached to an aromatic ring is 1. The minimum atomic E-state index is -0.973. The maximum absolute atomic E-state index is 12.5. The molecule has 2 atom stereocenters. The van der Waals surface area contributed by atoms with E-state index in [2.05, 4.69) is 57.5 Å². The number of likely N-dealkylation sites (N-methyl/N-ethyl adjacent to an activating group) is 2. The molecule has 2 aliphatic heterocycles. The van der Waals surface area contributed by atoms with Gasteiger partial charge in [0, 0.05) is 35.8 Å². The number of carbonyl (C=O) groups excluding carboxylic acids is 1. The molecule has 1 aromatic heterocycles. The Morgan fingerprint density at radius 2 is 1.98 bits per heavy atom. The monoisotopic (exact) mass is 675 g/mol. The molecule has 1 amide bonds. The summed E-state index contributed by atoms with van der Waals surface area (Å²) in [5.41, 5.74) is 9.36. The first-order chi connectivity index (χ1) is 20.6. The number of fused-ring (bicyclic) bond motifs is 2. The van der Waals surface area contributed by atoms with Crippen LogP contribution in [-0.2, 0) is 17.8 Å². The molecule has 2 N–H and O–H groups in total. The van der Waals surface area contributed by atoms with Gasteiger partial charge in [0.2, 0.25) is 6.54 Å². The summed E-state index contributed by atoms with van der Waals surface area (Å²) in [6.07, 6.45) is 3.15. The lowest BCUT2D eigenvalue weighted by atomic mass is 10.0. The Labute approximate surface area is 284 Å². The van der Waals surface area contributed by atoms with E-state index in [1.54, 1.807) is 13.8 Å². The van der Waals surface area contributed by atoms with E-state index in [0.717, 1.165) is 58.7 Å². The van der Waals surface area contributed by atoms with Gasteiger partial charge in [0.25, 0.3) is 5.91 Å². The van der Waals surface area contributed by atoms with Gasteiger partial charge in [-0.25, -0.2) is 11.0 Å². The fourth-order valence-corrected chi connectivity index (χ4v) is 5.93. The molecule has 9 nitrogen and oxygen atoms in total. The van der Waals surface area contributed by atoms with Crippen LogP contribution >= 0.6 is 38.6 Å². The van der Waals surface area contributed by atoms with E-state index in [9.17, 15) is 9.18 Å². The van der Waals surface area contributed by atoms with Crippen molar-refractivity contribution in [1.29, 1.82) is 0 Å². The zero-order valence-corrected chi connectivity index (χ0v) is 28.8. The lowest BCUT2D eigenvalue weighted by Crippen LogP contribution is -2.40. The average molecular weight is 676 g/mol. The number of hydrogen-bond acceptors (Lipinski definition) is 7. The number of rotatable bonds is 8. The number of carbonyl (C=O) groups is 1. The van der Waals surface area contributed by atoms with Gasteiger partial charge in [0.05, 0.1) is 17.3 Å². The van der Waals surface area contributed by atoms with Gasteiger partial charge < -0.3 is 30.0 Å². The number of aromatic nitrogens is 2. The second-order valence-corrected chi connectivity index (χ2v) is 11.3. The molecule has 3 aromatic rings. The standard InChI is InChI=1S/C23H26ClN5O.C9H13FN2O.2H2S/c1-28-11-4-7-16(28)14-30-23-26-19-13-29(12-10-17(19)22(25)27-23)20-9-3-6-15-5-2-8-18(24)21(15)20;1-5-12(7(2)6-11-4)9(13)8(3)10;;/h2-3,5-6,8-9,16H,4,7,10-14H2,1H3,(H2,25,26,27);7H,3,5-6H2,1-2H3;2*1H2/t16-;7-;;/m01../s1. The van der Waals surface area contributed by atoms with Crippen LogP contribution in [0.25, 0.3) is 15.6 Å². The predicted octanol–water partition coefficient (Wildman–Crippen LogP) is 5.75. The van der Waals surface area contributed by atoms with Gasteiger partial charge in [-0.1, -0.05) is 42.4 Å². The molecule has 0 spiro atoms. The first-order valence-electron chi connectivity index (χ1n) is 14.5. The summed E-state index contributed by atoms with van der Waals surface area (Å²) in [4.78, 5) is 29.4. The molecule has 1 saturated heterocycles. The van der Waals surface area contributed by atoms with E-state index in [1.807, 2.05) is 12.1 Å². The van der Waals surface area contributed by atoms with E-state index in [1.165, 1.54) is 11.3 Å². The minimum absolute atomic E-state index is 0. The molecule has 244 valence electrons. The Kier molecular flexibility index (Phi) is 14.7. The van der Waals surface area contributed by atoms with Gasteiger partial charge in [-0.2, -0.15) is 37.0 Å². The fourth-order valence-electron chi connectivity index (χ4n) is 5.65. The highest BCUT2D eigenvalue weighted by atomic mass is 35.5. The molecule has 5 rings (SSSR count). The summed E-state index contributed by atoms with van der Waals surface area (Å²) in [5, 5.41) is 2.98. The van der Waals surface area contributed by atoms with Gasteiger partial charge in [-0.15, -0.1) is 0 Å². The molecule has 13 heteroatoms. The van der Waals surface area contributed by atoms with Crippen molar-refractivity contribution in [2.75, 3.05) is 50.5 Å². The van der Waals surface area contributed by atoms with Crippen molar-refractivity contribution in [2.45, 2.75) is 51.7 Å². The van der Waals surface area contributed by atoms with Crippen LogP contribution in [0.5, 0.6) is 6.01 Å². The molecule has 3 heterocycles. The van der Waals surface area contributed by atoms with Crippen molar-refractivity contribution >= 4 is 66.8 Å². The molecule has 0 unspecified atom stereocenters. The normalized spacial score (nSPS) is 16.2. The number of ether oxygens (including phenoxy) is 1. The third kappa shape index (κ3) is 9.16. The number of amides is 1. The molecule has 0 saturated carbocycles. The number of anilines is 2. The molecule has 0 aliphatic carbocycles. The van der Waals surface area contributed by atoms with Gasteiger partial charge >= 0.3 is 6.01 Å². The van der Waals surface area contributed by atoms with Gasteiger partial charge in [-0.05, 0) is 64.2 Å². The topological polar surface area (TPSA) is 92.2 Å². The number of nitrogens with zero attached hydrogens (tertiary/aromatic N) is 6. The number of benzene rings is 2. The first-order valence-corrected chi connectivity index (χ1v) is 14.9. The second-order valence-electron chi connectivity index (χ2n) is 10.9. The molecule has 2 aromatic carbocycles. The smallest absolute Gasteiger partial charge is 0.318 e. The van der Waals surface area contributed by atoms with Crippen molar-refractivity contribution < 1.29 is 13.9 Å². The highest BCUT2D eigenvalue weighted by molar-refractivity contribution is 7.59. The van der Waals surface area contributed by atoms with Crippen molar-refractivity contribution in [1.82, 2.24) is 19.8 Å². The molecule has 1 fully saturated rings. The van der Waals surface area contributed by atoms with Crippen LogP contribution in [0.4, 0.5) is 15.9 Å². The second kappa shape index (κ2) is 17.5. The lowest BCUT2D eigenvalue weighted by molar-refractivity contribution is -0.130. The molecule has 0 bridgehead atoms. The number of halogens is 2. The SMILES string of the molecule is CN1CCC[C@H]1COc1nc(N)c2c(n1)CN(c1cccc3cccc(Cl)c13)CC2.S.S.[C-]#[N+]C[C@@H](C)N(CC)C(=O)C(=C)F. The maximum atomic E-state index is 12.5. The Morgan fingerprint density at radius 1 is 1.27 bits per heavy atom. The summed E-state index contributed by atoms with van der Waals surface area (Å²) in [6.45, 7) is 16.8. The first kappa shape index (κ1) is 37.9. The highest BCUT2D eigenvalue weighted by Crippen LogP contribution is 2.36. The predicted molar refractivity (Wildman–Crippen MR) is 191 cm³/mol. The maximum Gasteiger partial charge on any atom is 0.318 e. The number of nitrogens with two attached hydrogens (primary N) is 1. The summed E-state index contributed by atoms with van der Waals surface area (Å²) in [5.74, 6) is -1.16. The third-order valence-corrected chi connectivity index (χ3v) is 8.36. The van der Waals surface area contributed by atoms with Crippen molar-refractivity contribution in [2.24, 2.45) is 0 Å². The summed E-state index contributed by atoms with van der Waals surface area (Å²) >= 11 is 6.55. The van der Waals surface area contributed by atoms with E-state index >= 15 is 0 Å². The van der Waals surface area contributed by atoms with E-state index in [-0.39, 0.29) is 39.6 Å². The van der Waals surface area contributed by atoms with Crippen LogP contribution in [0.2, 0.25) is 5.02 Å². The zero-order valence-electron chi connectivity index (χ0n) is 26.0. The van der Waals surface area contributed by atoms with Crippen molar-refractivity contribution in [3.63, 3.8) is 0 Å². The Balaban J connectivity index is 0.000000405. The Hall–Kier alpha value is -3.24. The van der Waals surface area contributed by atoms with Crippen LogP contribution in [0.3, 0.4) is 0 Å². The number of hydrogen-bond donors (Lipinski definition) is 1. The van der Waals surface area contributed by atoms with Crippen LogP contribution in [0.1, 0.15) is 37.9 Å². The quantitative estimate of drug-likeness (QED) is 0.240. The Morgan fingerprint density at radius 3 is 2.60 bits per heavy atom. The third-order valence-electron chi connectivity index (χ3n) is 8.05. The molecular formula is C32H43ClFN7O2S2. The zero-order chi connectivity index (χ0) is 31.1. The van der Waals surface area contributed by atoms with Crippen LogP contribution in [0.15, 0.2) is 48.8 Å². The van der Waals surface area contributed by atoms with Gasteiger partial charge in [-0.3, -0.25) is 4.79 Å². The minimum Gasteiger partial charge on any atom is -0.462 e. The molecule has 2 aliphatic rings. The van der Waals surface area contributed by atoms with E-state index < -0.39 is 11.7 Å². The van der Waals surface area contributed by atoms with Gasteiger partial charge in [0.15, 0.2) is 5.83 Å². The van der Waals surface area contributed by atoms with Crippen LogP contribution < -0.4 is 15.4 Å².